The SMILES string of the molecule is CC(=O)N(CCNS(=O)(=O)c1cccc(C)c1)c1cccc2cccnc12. The molecule has 0 spiro atoms. The van der Waals surface area contributed by atoms with Crippen molar-refractivity contribution >= 4 is 32.5 Å². The molecule has 0 aliphatic heterocycles. The number of sulfonamides is 1. The lowest BCUT2D eigenvalue weighted by Crippen LogP contribution is -2.37. The zero-order chi connectivity index (χ0) is 19.4. The number of pyridine rings is 1. The molecule has 3 aromatic rings. The lowest BCUT2D eigenvalue weighted by molar-refractivity contribution is -0.116. The fourth-order valence-electron chi connectivity index (χ4n) is 2.91. The molecule has 2 aromatic carbocycles. The molecule has 0 saturated carbocycles. The van der Waals surface area contributed by atoms with Gasteiger partial charge in [0.2, 0.25) is 15.9 Å². The Labute approximate surface area is 158 Å². The summed E-state index contributed by atoms with van der Waals surface area (Å²) in [5.41, 5.74) is 2.23. The van der Waals surface area contributed by atoms with Crippen LogP contribution in [0.1, 0.15) is 12.5 Å². The van der Waals surface area contributed by atoms with Gasteiger partial charge in [-0.1, -0.05) is 30.3 Å². The number of fused-ring (bicyclic) bond motifs is 1. The summed E-state index contributed by atoms with van der Waals surface area (Å²) in [5, 5.41) is 0.918. The maximum absolute atomic E-state index is 12.5. The van der Waals surface area contributed by atoms with Crippen LogP contribution in [0.2, 0.25) is 0 Å². The van der Waals surface area contributed by atoms with Crippen LogP contribution in [0, 0.1) is 6.92 Å². The van der Waals surface area contributed by atoms with E-state index in [1.807, 2.05) is 43.3 Å². The molecule has 1 N–H and O–H groups in total. The number of rotatable bonds is 6. The van der Waals surface area contributed by atoms with E-state index in [1.54, 1.807) is 24.4 Å². The summed E-state index contributed by atoms with van der Waals surface area (Å²) in [6.07, 6.45) is 1.67. The third kappa shape index (κ3) is 4.32. The van der Waals surface area contributed by atoms with Gasteiger partial charge in [-0.2, -0.15) is 0 Å². The van der Waals surface area contributed by atoms with E-state index >= 15 is 0 Å². The third-order valence-electron chi connectivity index (χ3n) is 4.21. The van der Waals surface area contributed by atoms with Gasteiger partial charge in [-0.15, -0.1) is 0 Å². The predicted molar refractivity (Wildman–Crippen MR) is 106 cm³/mol. The van der Waals surface area contributed by atoms with Gasteiger partial charge in [0.05, 0.1) is 16.1 Å². The summed E-state index contributed by atoms with van der Waals surface area (Å²) < 4.78 is 27.5. The minimum atomic E-state index is -3.63. The smallest absolute Gasteiger partial charge is 0.240 e. The van der Waals surface area contributed by atoms with Crippen molar-refractivity contribution in [2.45, 2.75) is 18.7 Å². The Bertz CT molecular complexity index is 1080. The van der Waals surface area contributed by atoms with Gasteiger partial charge in [0, 0.05) is 31.6 Å². The van der Waals surface area contributed by atoms with E-state index in [9.17, 15) is 13.2 Å². The van der Waals surface area contributed by atoms with Gasteiger partial charge >= 0.3 is 0 Å². The molecule has 0 unspecified atom stereocenters. The molecule has 7 heteroatoms. The van der Waals surface area contributed by atoms with Crippen LogP contribution in [0.5, 0.6) is 0 Å². The lowest BCUT2D eigenvalue weighted by atomic mass is 10.1. The van der Waals surface area contributed by atoms with Crippen molar-refractivity contribution in [2.24, 2.45) is 0 Å². The van der Waals surface area contributed by atoms with Gasteiger partial charge in [0.25, 0.3) is 0 Å². The van der Waals surface area contributed by atoms with Crippen molar-refractivity contribution in [1.29, 1.82) is 0 Å². The highest BCUT2D eigenvalue weighted by Crippen LogP contribution is 2.24. The summed E-state index contributed by atoms with van der Waals surface area (Å²) in [4.78, 5) is 18.3. The second-order valence-corrected chi connectivity index (χ2v) is 8.00. The Kier molecular flexibility index (Phi) is 5.53. The number of hydrogen-bond acceptors (Lipinski definition) is 4. The molecule has 0 atom stereocenters. The van der Waals surface area contributed by atoms with Crippen LogP contribution in [0.25, 0.3) is 10.9 Å². The molecule has 1 aromatic heterocycles. The summed E-state index contributed by atoms with van der Waals surface area (Å²) in [5.74, 6) is -0.178. The largest absolute Gasteiger partial charge is 0.309 e. The minimum absolute atomic E-state index is 0.0963. The van der Waals surface area contributed by atoms with E-state index in [2.05, 4.69) is 9.71 Å². The molecule has 0 fully saturated rings. The second-order valence-electron chi connectivity index (χ2n) is 6.24. The number of para-hydroxylation sites is 1. The zero-order valence-electron chi connectivity index (χ0n) is 15.2. The standard InChI is InChI=1S/C20H21N3O3S/c1-15-6-3-9-18(14-15)27(25,26)22-12-13-23(16(2)24)19-10-4-7-17-8-5-11-21-20(17)19/h3-11,14,22H,12-13H2,1-2H3. The fraction of sp³-hybridized carbons (Fsp3) is 0.200. The topological polar surface area (TPSA) is 79.4 Å². The van der Waals surface area contributed by atoms with Crippen LogP contribution in [-0.2, 0) is 14.8 Å². The average molecular weight is 383 g/mol. The first kappa shape index (κ1) is 19.0. The van der Waals surface area contributed by atoms with Crippen molar-refractivity contribution in [3.63, 3.8) is 0 Å². The van der Waals surface area contributed by atoms with Crippen LogP contribution >= 0.6 is 0 Å². The minimum Gasteiger partial charge on any atom is -0.309 e. The molecule has 1 heterocycles. The van der Waals surface area contributed by atoms with Crippen molar-refractivity contribution in [3.8, 4) is 0 Å². The summed E-state index contributed by atoms with van der Waals surface area (Å²) in [6.45, 7) is 3.59. The van der Waals surface area contributed by atoms with Crippen LogP contribution in [-0.4, -0.2) is 32.4 Å². The maximum atomic E-state index is 12.5. The number of anilines is 1. The molecule has 0 bridgehead atoms. The number of hydrogen-bond donors (Lipinski definition) is 1. The molecular weight excluding hydrogens is 362 g/mol. The van der Waals surface area contributed by atoms with Gasteiger partial charge in [0.15, 0.2) is 0 Å². The van der Waals surface area contributed by atoms with Gasteiger partial charge in [-0.3, -0.25) is 9.78 Å². The van der Waals surface area contributed by atoms with Gasteiger partial charge in [0.1, 0.15) is 0 Å². The Balaban J connectivity index is 1.79. The quantitative estimate of drug-likeness (QED) is 0.710. The monoisotopic (exact) mass is 383 g/mol. The normalized spacial score (nSPS) is 11.5. The lowest BCUT2D eigenvalue weighted by Gasteiger charge is -2.22. The van der Waals surface area contributed by atoms with Crippen molar-refractivity contribution in [3.05, 3.63) is 66.4 Å². The first-order valence-corrected chi connectivity index (χ1v) is 10.0. The van der Waals surface area contributed by atoms with Gasteiger partial charge in [-0.05, 0) is 36.8 Å². The molecule has 0 radical (unpaired) electrons. The molecule has 0 saturated heterocycles. The Hall–Kier alpha value is -2.77. The number of aromatic nitrogens is 1. The molecule has 0 aliphatic carbocycles. The van der Waals surface area contributed by atoms with Gasteiger partial charge in [-0.25, -0.2) is 13.1 Å². The second kappa shape index (κ2) is 7.85. The molecule has 27 heavy (non-hydrogen) atoms. The fourth-order valence-corrected chi connectivity index (χ4v) is 4.04. The highest BCUT2D eigenvalue weighted by Gasteiger charge is 2.18. The van der Waals surface area contributed by atoms with E-state index in [-0.39, 0.29) is 23.9 Å². The molecular formula is C20H21N3O3S. The number of benzene rings is 2. The third-order valence-corrected chi connectivity index (χ3v) is 5.67. The summed E-state index contributed by atoms with van der Waals surface area (Å²) in [6, 6.07) is 16.0. The first-order chi connectivity index (χ1) is 12.9. The summed E-state index contributed by atoms with van der Waals surface area (Å²) >= 11 is 0. The number of nitrogens with zero attached hydrogens (tertiary/aromatic N) is 2. The van der Waals surface area contributed by atoms with E-state index in [1.165, 1.54) is 11.8 Å². The number of aryl methyl sites for hydroxylation is 1. The molecule has 140 valence electrons. The van der Waals surface area contributed by atoms with Crippen LogP contribution in [0.15, 0.2) is 65.7 Å². The van der Waals surface area contributed by atoms with Crippen LogP contribution in [0.3, 0.4) is 0 Å². The number of carbonyl (C=O) groups is 1. The summed E-state index contributed by atoms with van der Waals surface area (Å²) in [7, 11) is -3.63. The number of amides is 1. The van der Waals surface area contributed by atoms with Crippen molar-refractivity contribution < 1.29 is 13.2 Å². The first-order valence-electron chi connectivity index (χ1n) is 8.57. The van der Waals surface area contributed by atoms with E-state index in [0.29, 0.717) is 11.2 Å². The van der Waals surface area contributed by atoms with E-state index in [4.69, 9.17) is 0 Å². The van der Waals surface area contributed by atoms with E-state index in [0.717, 1.165) is 10.9 Å². The highest BCUT2D eigenvalue weighted by molar-refractivity contribution is 7.89. The molecule has 0 aliphatic rings. The number of carbonyl (C=O) groups excluding carboxylic acids is 1. The Morgan fingerprint density at radius 2 is 1.85 bits per heavy atom. The predicted octanol–water partition coefficient (Wildman–Crippen LogP) is 2.87. The van der Waals surface area contributed by atoms with E-state index < -0.39 is 10.0 Å². The van der Waals surface area contributed by atoms with Crippen LogP contribution in [0.4, 0.5) is 5.69 Å². The van der Waals surface area contributed by atoms with Gasteiger partial charge < -0.3 is 4.90 Å². The molecule has 6 nitrogen and oxygen atoms in total. The maximum Gasteiger partial charge on any atom is 0.240 e. The zero-order valence-corrected chi connectivity index (χ0v) is 16.0. The highest BCUT2D eigenvalue weighted by atomic mass is 32.2. The Morgan fingerprint density at radius 1 is 1.11 bits per heavy atom. The molecule has 1 amide bonds. The molecule has 3 rings (SSSR count). The Morgan fingerprint density at radius 3 is 2.59 bits per heavy atom. The average Bonchev–Trinajstić information content (AvgIpc) is 2.65. The van der Waals surface area contributed by atoms with Crippen LogP contribution < -0.4 is 9.62 Å². The number of nitrogens with one attached hydrogen (secondary N) is 1. The van der Waals surface area contributed by atoms with Crippen molar-refractivity contribution in [2.75, 3.05) is 18.0 Å². The van der Waals surface area contributed by atoms with Crippen molar-refractivity contribution in [1.82, 2.24) is 9.71 Å².